The number of rotatable bonds is 6. The first-order valence-corrected chi connectivity index (χ1v) is 7.65. The van der Waals surface area contributed by atoms with Crippen LogP contribution in [0.2, 0.25) is 0 Å². The normalized spacial score (nSPS) is 25.4. The zero-order valence-corrected chi connectivity index (χ0v) is 11.8. The Bertz CT molecular complexity index is 206. The van der Waals surface area contributed by atoms with E-state index in [1.54, 1.807) is 0 Å². The van der Waals surface area contributed by atoms with Crippen LogP contribution in [0.5, 0.6) is 0 Å². The van der Waals surface area contributed by atoms with Gasteiger partial charge in [-0.05, 0) is 44.4 Å². The standard InChI is InChI=1S/C13H23BrO2/c1-2-11-7-3-4-8-12(11)16-13(15)9-5-6-10-14/h11-12H,2-10H2,1H3. The minimum atomic E-state index is 0.00583. The topological polar surface area (TPSA) is 26.3 Å². The van der Waals surface area contributed by atoms with E-state index in [2.05, 4.69) is 22.9 Å². The lowest BCUT2D eigenvalue weighted by molar-refractivity contribution is -0.153. The first-order valence-electron chi connectivity index (χ1n) is 6.53. The Labute approximate surface area is 107 Å². The Morgan fingerprint density at radius 2 is 2.06 bits per heavy atom. The third-order valence-electron chi connectivity index (χ3n) is 3.41. The Hall–Kier alpha value is -0.0500. The summed E-state index contributed by atoms with van der Waals surface area (Å²) in [5.74, 6) is 0.611. The van der Waals surface area contributed by atoms with Gasteiger partial charge in [-0.25, -0.2) is 0 Å². The first-order chi connectivity index (χ1) is 7.77. The molecule has 0 aromatic rings. The Kier molecular flexibility index (Phi) is 7.10. The summed E-state index contributed by atoms with van der Waals surface area (Å²) in [7, 11) is 0. The van der Waals surface area contributed by atoms with E-state index in [0.29, 0.717) is 12.3 Å². The van der Waals surface area contributed by atoms with E-state index in [9.17, 15) is 4.79 Å². The maximum atomic E-state index is 11.6. The maximum Gasteiger partial charge on any atom is 0.306 e. The van der Waals surface area contributed by atoms with Crippen molar-refractivity contribution in [2.75, 3.05) is 5.33 Å². The molecule has 0 N–H and O–H groups in total. The number of alkyl halides is 1. The number of carbonyl (C=O) groups is 1. The summed E-state index contributed by atoms with van der Waals surface area (Å²) in [6, 6.07) is 0. The molecule has 1 aliphatic rings. The summed E-state index contributed by atoms with van der Waals surface area (Å²) in [5, 5.41) is 0.974. The molecule has 3 heteroatoms. The van der Waals surface area contributed by atoms with E-state index >= 15 is 0 Å². The van der Waals surface area contributed by atoms with Gasteiger partial charge < -0.3 is 4.74 Å². The zero-order chi connectivity index (χ0) is 11.8. The van der Waals surface area contributed by atoms with Crippen molar-refractivity contribution in [3.05, 3.63) is 0 Å². The number of hydrogen-bond donors (Lipinski definition) is 0. The second kappa shape index (κ2) is 8.10. The van der Waals surface area contributed by atoms with Crippen molar-refractivity contribution < 1.29 is 9.53 Å². The highest BCUT2D eigenvalue weighted by Gasteiger charge is 2.26. The molecule has 0 amide bonds. The van der Waals surface area contributed by atoms with Crippen LogP contribution in [0, 0.1) is 5.92 Å². The van der Waals surface area contributed by atoms with Crippen molar-refractivity contribution in [2.45, 2.75) is 64.4 Å². The lowest BCUT2D eigenvalue weighted by Crippen LogP contribution is -2.29. The summed E-state index contributed by atoms with van der Waals surface area (Å²) in [5.41, 5.74) is 0. The molecule has 0 radical (unpaired) electrons. The van der Waals surface area contributed by atoms with Crippen molar-refractivity contribution in [3.8, 4) is 0 Å². The fourth-order valence-corrected chi connectivity index (χ4v) is 2.78. The summed E-state index contributed by atoms with van der Waals surface area (Å²) in [6.45, 7) is 2.20. The largest absolute Gasteiger partial charge is 0.462 e. The van der Waals surface area contributed by atoms with Gasteiger partial charge in [0.15, 0.2) is 0 Å². The number of halogens is 1. The van der Waals surface area contributed by atoms with Gasteiger partial charge in [0.2, 0.25) is 0 Å². The number of ether oxygens (including phenoxy) is 1. The predicted molar refractivity (Wildman–Crippen MR) is 69.8 cm³/mol. The van der Waals surface area contributed by atoms with Crippen LogP contribution in [0.3, 0.4) is 0 Å². The molecule has 2 atom stereocenters. The molecule has 0 heterocycles. The van der Waals surface area contributed by atoms with Crippen LogP contribution in [0.15, 0.2) is 0 Å². The molecular weight excluding hydrogens is 268 g/mol. The van der Waals surface area contributed by atoms with Crippen molar-refractivity contribution >= 4 is 21.9 Å². The van der Waals surface area contributed by atoms with Gasteiger partial charge in [0.05, 0.1) is 0 Å². The summed E-state index contributed by atoms with van der Waals surface area (Å²) < 4.78 is 5.59. The highest BCUT2D eigenvalue weighted by molar-refractivity contribution is 9.09. The Morgan fingerprint density at radius 1 is 1.31 bits per heavy atom. The third kappa shape index (κ3) is 4.86. The van der Waals surface area contributed by atoms with E-state index in [1.165, 1.54) is 19.3 Å². The number of unbranched alkanes of at least 4 members (excludes halogenated alkanes) is 1. The molecule has 0 aromatic heterocycles. The molecule has 1 aliphatic carbocycles. The molecule has 0 saturated heterocycles. The van der Waals surface area contributed by atoms with Crippen LogP contribution in [0.4, 0.5) is 0 Å². The minimum Gasteiger partial charge on any atom is -0.462 e. The van der Waals surface area contributed by atoms with Gasteiger partial charge in [0, 0.05) is 11.8 Å². The predicted octanol–water partition coefficient (Wildman–Crippen LogP) is 4.06. The maximum absolute atomic E-state index is 11.6. The van der Waals surface area contributed by atoms with Gasteiger partial charge in [-0.1, -0.05) is 29.3 Å². The fraction of sp³-hybridized carbons (Fsp3) is 0.923. The van der Waals surface area contributed by atoms with E-state index < -0.39 is 0 Å². The average molecular weight is 291 g/mol. The van der Waals surface area contributed by atoms with Gasteiger partial charge in [-0.2, -0.15) is 0 Å². The van der Waals surface area contributed by atoms with Crippen LogP contribution >= 0.6 is 15.9 Å². The van der Waals surface area contributed by atoms with Gasteiger partial charge in [-0.15, -0.1) is 0 Å². The highest BCUT2D eigenvalue weighted by Crippen LogP contribution is 2.29. The first kappa shape index (κ1) is 14.0. The molecule has 0 aliphatic heterocycles. The molecular formula is C13H23BrO2. The zero-order valence-electron chi connectivity index (χ0n) is 10.2. The lowest BCUT2D eigenvalue weighted by Gasteiger charge is -2.30. The van der Waals surface area contributed by atoms with E-state index in [4.69, 9.17) is 4.74 Å². The SMILES string of the molecule is CCC1CCCCC1OC(=O)CCCCBr. The molecule has 16 heavy (non-hydrogen) atoms. The van der Waals surface area contributed by atoms with Crippen molar-refractivity contribution in [2.24, 2.45) is 5.92 Å². The van der Waals surface area contributed by atoms with Crippen molar-refractivity contribution in [3.63, 3.8) is 0 Å². The molecule has 94 valence electrons. The molecule has 1 rings (SSSR count). The second-order valence-electron chi connectivity index (χ2n) is 4.63. The molecule has 0 aromatic carbocycles. The fourth-order valence-electron chi connectivity index (χ4n) is 2.39. The third-order valence-corrected chi connectivity index (χ3v) is 3.97. The van der Waals surface area contributed by atoms with Gasteiger partial charge in [-0.3, -0.25) is 4.79 Å². The second-order valence-corrected chi connectivity index (χ2v) is 5.42. The van der Waals surface area contributed by atoms with Crippen LogP contribution in [0.1, 0.15) is 58.3 Å². The molecule has 2 unspecified atom stereocenters. The summed E-state index contributed by atoms with van der Waals surface area (Å²) in [6.07, 6.45) is 8.74. The highest BCUT2D eigenvalue weighted by atomic mass is 79.9. The lowest BCUT2D eigenvalue weighted by atomic mass is 9.85. The summed E-state index contributed by atoms with van der Waals surface area (Å²) >= 11 is 3.37. The van der Waals surface area contributed by atoms with Crippen LogP contribution in [-0.4, -0.2) is 17.4 Å². The van der Waals surface area contributed by atoms with E-state index in [1.807, 2.05) is 0 Å². The Balaban J connectivity index is 2.25. The monoisotopic (exact) mass is 290 g/mol. The minimum absolute atomic E-state index is 0.00583. The van der Waals surface area contributed by atoms with Crippen LogP contribution in [-0.2, 0) is 9.53 Å². The van der Waals surface area contributed by atoms with Crippen LogP contribution < -0.4 is 0 Å². The van der Waals surface area contributed by atoms with Gasteiger partial charge in [0.25, 0.3) is 0 Å². The molecule has 0 bridgehead atoms. The average Bonchev–Trinajstić information content (AvgIpc) is 2.30. The van der Waals surface area contributed by atoms with Crippen LogP contribution in [0.25, 0.3) is 0 Å². The van der Waals surface area contributed by atoms with E-state index in [0.717, 1.165) is 31.0 Å². The Morgan fingerprint density at radius 3 is 2.75 bits per heavy atom. The van der Waals surface area contributed by atoms with Gasteiger partial charge in [0.1, 0.15) is 6.10 Å². The smallest absolute Gasteiger partial charge is 0.306 e. The quantitative estimate of drug-likeness (QED) is 0.419. The van der Waals surface area contributed by atoms with Crippen molar-refractivity contribution in [1.29, 1.82) is 0 Å². The summed E-state index contributed by atoms with van der Waals surface area (Å²) in [4.78, 5) is 11.6. The number of hydrogen-bond acceptors (Lipinski definition) is 2. The molecule has 0 spiro atoms. The van der Waals surface area contributed by atoms with Gasteiger partial charge >= 0.3 is 5.97 Å². The number of carbonyl (C=O) groups excluding carboxylic acids is 1. The van der Waals surface area contributed by atoms with Crippen molar-refractivity contribution in [1.82, 2.24) is 0 Å². The number of esters is 1. The molecule has 1 fully saturated rings. The molecule has 2 nitrogen and oxygen atoms in total. The molecule has 1 saturated carbocycles. The van der Waals surface area contributed by atoms with E-state index in [-0.39, 0.29) is 12.1 Å².